The lowest BCUT2D eigenvalue weighted by molar-refractivity contribution is -0.150. The van der Waals surface area contributed by atoms with Crippen molar-refractivity contribution in [3.8, 4) is 0 Å². The number of hydrogen-bond acceptors (Lipinski definition) is 3. The number of fused-ring (bicyclic) bond motifs is 1. The molecule has 0 heterocycles. The minimum atomic E-state index is -0.531. The molecule has 3 heteroatoms. The van der Waals surface area contributed by atoms with Gasteiger partial charge in [-0.2, -0.15) is 0 Å². The highest BCUT2D eigenvalue weighted by molar-refractivity contribution is 6.08. The fraction of sp³-hybridized carbons (Fsp3) is 0.538. The van der Waals surface area contributed by atoms with Crippen molar-refractivity contribution < 1.29 is 14.3 Å². The van der Waals surface area contributed by atoms with Crippen LogP contribution in [0.4, 0.5) is 0 Å². The quantitative estimate of drug-likeness (QED) is 0.623. The Morgan fingerprint density at radius 3 is 2.69 bits per heavy atom. The number of hydrogen-bond donors (Lipinski definition) is 0. The Labute approximate surface area is 94.2 Å². The van der Waals surface area contributed by atoms with Gasteiger partial charge in [-0.1, -0.05) is 12.2 Å². The van der Waals surface area contributed by atoms with Gasteiger partial charge >= 0.3 is 0 Å². The average Bonchev–Trinajstić information content (AvgIpc) is 2.35. The van der Waals surface area contributed by atoms with Gasteiger partial charge in [0.25, 0.3) is 0 Å². The number of carbonyl (C=O) groups excluding carboxylic acids is 2. The third-order valence-corrected chi connectivity index (χ3v) is 4.27. The number of ether oxygens (including phenoxy) is 1. The van der Waals surface area contributed by atoms with Crippen LogP contribution < -0.4 is 0 Å². The lowest BCUT2D eigenvalue weighted by Crippen LogP contribution is -2.57. The SMILES string of the molecule is COC12C=CC(CC1)[C@@H]1C(=O)C=CC(=O)[C@@H]12. The Hall–Kier alpha value is -1.22. The van der Waals surface area contributed by atoms with Gasteiger partial charge in [-0.15, -0.1) is 0 Å². The second-order valence-electron chi connectivity index (χ2n) is 4.86. The van der Waals surface area contributed by atoms with Crippen LogP contribution in [-0.4, -0.2) is 24.3 Å². The topological polar surface area (TPSA) is 43.4 Å². The van der Waals surface area contributed by atoms with Crippen molar-refractivity contribution in [2.75, 3.05) is 7.11 Å². The Kier molecular flexibility index (Phi) is 1.96. The maximum atomic E-state index is 12.0. The molecule has 4 rings (SSSR count). The van der Waals surface area contributed by atoms with Crippen molar-refractivity contribution >= 4 is 11.6 Å². The van der Waals surface area contributed by atoms with E-state index in [1.165, 1.54) is 12.2 Å². The van der Waals surface area contributed by atoms with Crippen LogP contribution in [0.1, 0.15) is 12.8 Å². The zero-order valence-electron chi connectivity index (χ0n) is 9.18. The van der Waals surface area contributed by atoms with Gasteiger partial charge in [0.1, 0.15) is 0 Å². The first kappa shape index (κ1) is 9.97. The van der Waals surface area contributed by atoms with E-state index in [1.807, 2.05) is 6.08 Å². The van der Waals surface area contributed by atoms with Gasteiger partial charge in [-0.25, -0.2) is 0 Å². The molecule has 0 aromatic rings. The van der Waals surface area contributed by atoms with Gasteiger partial charge in [-0.3, -0.25) is 9.59 Å². The maximum absolute atomic E-state index is 12.0. The van der Waals surface area contributed by atoms with Crippen LogP contribution in [0.15, 0.2) is 24.3 Å². The molecule has 0 aromatic heterocycles. The fourth-order valence-electron chi connectivity index (χ4n) is 3.44. The van der Waals surface area contributed by atoms with Crippen molar-refractivity contribution in [2.45, 2.75) is 18.4 Å². The molecule has 1 saturated carbocycles. The standard InChI is InChI=1S/C13H14O3/c1-16-13-6-4-8(5-7-13)11-9(14)2-3-10(15)12(11)13/h2-4,6,8,11-12H,5,7H2,1H3/t8?,11-,12+,13?/m1/s1. The lowest BCUT2D eigenvalue weighted by atomic mass is 9.56. The molecule has 2 unspecified atom stereocenters. The van der Waals surface area contributed by atoms with E-state index < -0.39 is 5.60 Å². The summed E-state index contributed by atoms with van der Waals surface area (Å²) in [6, 6.07) is 0. The number of rotatable bonds is 1. The van der Waals surface area contributed by atoms with E-state index in [2.05, 4.69) is 6.08 Å². The highest BCUT2D eigenvalue weighted by atomic mass is 16.5. The molecule has 0 amide bonds. The van der Waals surface area contributed by atoms with Crippen molar-refractivity contribution in [2.24, 2.45) is 17.8 Å². The molecule has 0 saturated heterocycles. The smallest absolute Gasteiger partial charge is 0.162 e. The summed E-state index contributed by atoms with van der Waals surface area (Å²) >= 11 is 0. The van der Waals surface area contributed by atoms with E-state index >= 15 is 0 Å². The molecule has 16 heavy (non-hydrogen) atoms. The number of carbonyl (C=O) groups is 2. The van der Waals surface area contributed by atoms with Crippen LogP contribution in [0.3, 0.4) is 0 Å². The first-order valence-corrected chi connectivity index (χ1v) is 5.68. The lowest BCUT2D eigenvalue weighted by Gasteiger charge is -2.51. The largest absolute Gasteiger partial charge is 0.373 e. The third kappa shape index (κ3) is 1.07. The summed E-state index contributed by atoms with van der Waals surface area (Å²) in [6.45, 7) is 0. The first-order chi connectivity index (χ1) is 7.68. The van der Waals surface area contributed by atoms with Crippen molar-refractivity contribution in [3.63, 3.8) is 0 Å². The summed E-state index contributed by atoms with van der Waals surface area (Å²) in [5.41, 5.74) is -0.531. The summed E-state index contributed by atoms with van der Waals surface area (Å²) in [4.78, 5) is 23.9. The van der Waals surface area contributed by atoms with Gasteiger partial charge < -0.3 is 4.74 Å². The summed E-state index contributed by atoms with van der Waals surface area (Å²) in [7, 11) is 1.63. The molecule has 3 nitrogen and oxygen atoms in total. The van der Waals surface area contributed by atoms with Crippen molar-refractivity contribution in [1.29, 1.82) is 0 Å². The van der Waals surface area contributed by atoms with E-state index in [9.17, 15) is 9.59 Å². The molecular weight excluding hydrogens is 204 g/mol. The van der Waals surface area contributed by atoms with Crippen molar-refractivity contribution in [1.82, 2.24) is 0 Å². The Bertz CT molecular complexity index is 421. The summed E-state index contributed by atoms with van der Waals surface area (Å²) in [6.07, 6.45) is 8.68. The Balaban J connectivity index is 2.14. The predicted molar refractivity (Wildman–Crippen MR) is 57.7 cm³/mol. The molecule has 2 bridgehead atoms. The monoisotopic (exact) mass is 218 g/mol. The zero-order valence-corrected chi connectivity index (χ0v) is 9.18. The molecule has 0 aliphatic heterocycles. The van der Waals surface area contributed by atoms with Crippen LogP contribution in [0, 0.1) is 17.8 Å². The number of allylic oxidation sites excluding steroid dienone is 3. The summed E-state index contributed by atoms with van der Waals surface area (Å²) in [5.74, 6) is -0.126. The first-order valence-electron chi connectivity index (χ1n) is 5.68. The second kappa shape index (κ2) is 3.14. The molecule has 0 aromatic carbocycles. The molecule has 4 aliphatic carbocycles. The minimum absolute atomic E-state index is 0.0421. The van der Waals surface area contributed by atoms with Gasteiger partial charge in [0, 0.05) is 13.0 Å². The molecule has 0 spiro atoms. The van der Waals surface area contributed by atoms with E-state index in [-0.39, 0.29) is 29.3 Å². The van der Waals surface area contributed by atoms with Crippen LogP contribution in [-0.2, 0) is 14.3 Å². The van der Waals surface area contributed by atoms with E-state index in [4.69, 9.17) is 4.74 Å². The van der Waals surface area contributed by atoms with Gasteiger partial charge in [-0.05, 0) is 30.9 Å². The summed E-state index contributed by atoms with van der Waals surface area (Å²) < 4.78 is 5.56. The Morgan fingerprint density at radius 1 is 1.31 bits per heavy atom. The molecule has 0 N–H and O–H groups in total. The number of ketones is 2. The Morgan fingerprint density at radius 2 is 2.06 bits per heavy atom. The second-order valence-corrected chi connectivity index (χ2v) is 4.86. The van der Waals surface area contributed by atoms with Crippen LogP contribution >= 0.6 is 0 Å². The predicted octanol–water partition coefficient (Wildman–Crippen LogP) is 1.29. The van der Waals surface area contributed by atoms with Gasteiger partial charge in [0.05, 0.1) is 11.5 Å². The number of methoxy groups -OCH3 is 1. The van der Waals surface area contributed by atoms with Crippen LogP contribution in [0.25, 0.3) is 0 Å². The van der Waals surface area contributed by atoms with E-state index in [0.717, 1.165) is 12.8 Å². The molecule has 4 atom stereocenters. The van der Waals surface area contributed by atoms with Crippen LogP contribution in [0.5, 0.6) is 0 Å². The average molecular weight is 218 g/mol. The summed E-state index contributed by atoms with van der Waals surface area (Å²) in [5, 5.41) is 0. The van der Waals surface area contributed by atoms with Gasteiger partial charge in [0.15, 0.2) is 11.6 Å². The van der Waals surface area contributed by atoms with Crippen LogP contribution in [0.2, 0.25) is 0 Å². The minimum Gasteiger partial charge on any atom is -0.373 e. The fourth-order valence-corrected chi connectivity index (χ4v) is 3.44. The van der Waals surface area contributed by atoms with Gasteiger partial charge in [0.2, 0.25) is 0 Å². The van der Waals surface area contributed by atoms with Crippen molar-refractivity contribution in [3.05, 3.63) is 24.3 Å². The molecule has 4 aliphatic rings. The molecule has 84 valence electrons. The third-order valence-electron chi connectivity index (χ3n) is 4.27. The highest BCUT2D eigenvalue weighted by Crippen LogP contribution is 2.51. The van der Waals surface area contributed by atoms with E-state index in [1.54, 1.807) is 7.11 Å². The highest BCUT2D eigenvalue weighted by Gasteiger charge is 2.56. The molecular formula is C13H14O3. The zero-order chi connectivity index (χ0) is 11.3. The van der Waals surface area contributed by atoms with E-state index in [0.29, 0.717) is 0 Å². The maximum Gasteiger partial charge on any atom is 0.162 e. The normalized spacial score (nSPS) is 44.9. The molecule has 0 radical (unpaired) electrons. The molecule has 1 fully saturated rings.